The van der Waals surface area contributed by atoms with Crippen molar-refractivity contribution in [2.24, 2.45) is 5.73 Å². The first-order chi connectivity index (χ1) is 7.33. The summed E-state index contributed by atoms with van der Waals surface area (Å²) in [5, 5.41) is 0. The summed E-state index contributed by atoms with van der Waals surface area (Å²) in [6.45, 7) is 7.65. The molecule has 88 valence electrons. The molecule has 0 aliphatic carbocycles. The van der Waals surface area contributed by atoms with Crippen molar-refractivity contribution in [3.63, 3.8) is 0 Å². The van der Waals surface area contributed by atoms with E-state index in [1.165, 1.54) is 0 Å². The molecule has 1 aromatic heterocycles. The van der Waals surface area contributed by atoms with E-state index < -0.39 is 5.60 Å². The van der Waals surface area contributed by atoms with Crippen LogP contribution in [-0.2, 0) is 11.3 Å². The van der Waals surface area contributed by atoms with Crippen molar-refractivity contribution in [2.75, 3.05) is 0 Å². The molecule has 4 heteroatoms. The standard InChI is InChI=1S/C12H18N2O2/c1-8-10(6-5-9(7-13)14-8)11(15)16-12(2,3)4/h5-6H,7,13H2,1-4H3. The fraction of sp³-hybridized carbons (Fsp3) is 0.500. The summed E-state index contributed by atoms with van der Waals surface area (Å²) >= 11 is 0. The molecule has 0 amide bonds. The van der Waals surface area contributed by atoms with Gasteiger partial charge in [0.15, 0.2) is 0 Å². The average molecular weight is 222 g/mol. The second-order valence-electron chi connectivity index (χ2n) is 4.64. The predicted molar refractivity (Wildman–Crippen MR) is 62.0 cm³/mol. The first-order valence-electron chi connectivity index (χ1n) is 5.23. The molecule has 0 radical (unpaired) electrons. The van der Waals surface area contributed by atoms with Gasteiger partial charge in [0.05, 0.1) is 17.0 Å². The highest BCUT2D eigenvalue weighted by Gasteiger charge is 2.19. The number of nitrogens with two attached hydrogens (primary N) is 1. The molecule has 0 saturated heterocycles. The van der Waals surface area contributed by atoms with E-state index in [0.29, 0.717) is 17.8 Å². The molecular formula is C12H18N2O2. The van der Waals surface area contributed by atoms with Crippen molar-refractivity contribution >= 4 is 5.97 Å². The highest BCUT2D eigenvalue weighted by Crippen LogP contribution is 2.14. The molecule has 0 bridgehead atoms. The zero-order valence-corrected chi connectivity index (χ0v) is 10.2. The van der Waals surface area contributed by atoms with Crippen LogP contribution in [0.25, 0.3) is 0 Å². The maximum Gasteiger partial charge on any atom is 0.340 e. The van der Waals surface area contributed by atoms with Crippen molar-refractivity contribution < 1.29 is 9.53 Å². The van der Waals surface area contributed by atoms with Gasteiger partial charge in [-0.2, -0.15) is 0 Å². The lowest BCUT2D eigenvalue weighted by Gasteiger charge is -2.20. The van der Waals surface area contributed by atoms with Crippen LogP contribution in [0.4, 0.5) is 0 Å². The predicted octanol–water partition coefficient (Wildman–Crippen LogP) is 1.80. The Bertz CT molecular complexity index is 394. The van der Waals surface area contributed by atoms with Crippen LogP contribution < -0.4 is 5.73 Å². The summed E-state index contributed by atoms with van der Waals surface area (Å²) < 4.78 is 5.27. The molecule has 0 saturated carbocycles. The number of ether oxygens (including phenoxy) is 1. The van der Waals surface area contributed by atoms with E-state index >= 15 is 0 Å². The number of carbonyl (C=O) groups excluding carboxylic acids is 1. The molecule has 16 heavy (non-hydrogen) atoms. The van der Waals surface area contributed by atoms with E-state index in [-0.39, 0.29) is 5.97 Å². The lowest BCUT2D eigenvalue weighted by atomic mass is 10.1. The van der Waals surface area contributed by atoms with Crippen molar-refractivity contribution in [3.8, 4) is 0 Å². The molecule has 4 nitrogen and oxygen atoms in total. The summed E-state index contributed by atoms with van der Waals surface area (Å²) in [4.78, 5) is 16.0. The van der Waals surface area contributed by atoms with Crippen molar-refractivity contribution in [1.29, 1.82) is 0 Å². The second-order valence-corrected chi connectivity index (χ2v) is 4.64. The van der Waals surface area contributed by atoms with Crippen LogP contribution in [-0.4, -0.2) is 16.6 Å². The van der Waals surface area contributed by atoms with Crippen LogP contribution in [0.5, 0.6) is 0 Å². The molecule has 0 aliphatic rings. The lowest BCUT2D eigenvalue weighted by molar-refractivity contribution is 0.00682. The minimum absolute atomic E-state index is 0.346. The third kappa shape index (κ3) is 3.31. The number of rotatable bonds is 2. The Labute approximate surface area is 95.8 Å². The van der Waals surface area contributed by atoms with Gasteiger partial charge in [-0.15, -0.1) is 0 Å². The average Bonchev–Trinajstić information content (AvgIpc) is 2.14. The van der Waals surface area contributed by atoms with Gasteiger partial charge in [0.1, 0.15) is 5.60 Å². The highest BCUT2D eigenvalue weighted by atomic mass is 16.6. The van der Waals surface area contributed by atoms with Crippen LogP contribution in [0.2, 0.25) is 0 Å². The summed E-state index contributed by atoms with van der Waals surface area (Å²) in [6.07, 6.45) is 0. The maximum absolute atomic E-state index is 11.8. The molecule has 2 N–H and O–H groups in total. The Morgan fingerprint density at radius 3 is 2.50 bits per heavy atom. The van der Waals surface area contributed by atoms with Gasteiger partial charge in [-0.3, -0.25) is 4.98 Å². The third-order valence-electron chi connectivity index (χ3n) is 1.97. The second kappa shape index (κ2) is 4.61. The quantitative estimate of drug-likeness (QED) is 0.775. The lowest BCUT2D eigenvalue weighted by Crippen LogP contribution is -2.24. The largest absolute Gasteiger partial charge is 0.456 e. The summed E-state index contributed by atoms with van der Waals surface area (Å²) in [6, 6.07) is 3.45. The smallest absolute Gasteiger partial charge is 0.340 e. The summed E-state index contributed by atoms with van der Waals surface area (Å²) in [5.41, 5.74) is 6.89. The van der Waals surface area contributed by atoms with Crippen LogP contribution in [0.1, 0.15) is 42.5 Å². The van der Waals surface area contributed by atoms with Crippen molar-refractivity contribution in [1.82, 2.24) is 4.98 Å². The van der Waals surface area contributed by atoms with Crippen molar-refractivity contribution in [3.05, 3.63) is 29.1 Å². The van der Waals surface area contributed by atoms with Gasteiger partial charge in [0.25, 0.3) is 0 Å². The molecule has 0 unspecified atom stereocenters. The number of hydrogen-bond acceptors (Lipinski definition) is 4. The number of aryl methyl sites for hydroxylation is 1. The fourth-order valence-electron chi connectivity index (χ4n) is 1.28. The van der Waals surface area contributed by atoms with Crippen LogP contribution >= 0.6 is 0 Å². The van der Waals surface area contributed by atoms with Gasteiger partial charge in [0, 0.05) is 6.54 Å². The number of aromatic nitrogens is 1. The van der Waals surface area contributed by atoms with Gasteiger partial charge in [0.2, 0.25) is 0 Å². The molecule has 1 rings (SSSR count). The van der Waals surface area contributed by atoms with Gasteiger partial charge in [-0.05, 0) is 39.8 Å². The Kier molecular flexibility index (Phi) is 3.65. The number of pyridine rings is 1. The first kappa shape index (κ1) is 12.6. The summed E-state index contributed by atoms with van der Waals surface area (Å²) in [5.74, 6) is -0.346. The molecule has 1 aromatic rings. The third-order valence-corrected chi connectivity index (χ3v) is 1.97. The van der Waals surface area contributed by atoms with E-state index in [0.717, 1.165) is 5.69 Å². The molecule has 0 aliphatic heterocycles. The molecule has 0 fully saturated rings. The number of carbonyl (C=O) groups is 1. The zero-order chi connectivity index (χ0) is 12.3. The van der Waals surface area contributed by atoms with Crippen molar-refractivity contribution in [2.45, 2.75) is 39.8 Å². The number of esters is 1. The van der Waals surface area contributed by atoms with E-state index in [4.69, 9.17) is 10.5 Å². The SMILES string of the molecule is Cc1nc(CN)ccc1C(=O)OC(C)(C)C. The van der Waals surface area contributed by atoms with E-state index in [9.17, 15) is 4.79 Å². The minimum atomic E-state index is -0.490. The Morgan fingerprint density at radius 2 is 2.06 bits per heavy atom. The topological polar surface area (TPSA) is 65.2 Å². The molecular weight excluding hydrogens is 204 g/mol. The molecule has 0 aromatic carbocycles. The maximum atomic E-state index is 11.8. The van der Waals surface area contributed by atoms with Gasteiger partial charge < -0.3 is 10.5 Å². The van der Waals surface area contributed by atoms with Gasteiger partial charge in [-0.1, -0.05) is 0 Å². The van der Waals surface area contributed by atoms with Gasteiger partial charge >= 0.3 is 5.97 Å². The van der Waals surface area contributed by atoms with E-state index in [1.807, 2.05) is 20.8 Å². The number of hydrogen-bond donors (Lipinski definition) is 1. The minimum Gasteiger partial charge on any atom is -0.456 e. The van der Waals surface area contributed by atoms with E-state index in [1.54, 1.807) is 19.1 Å². The first-order valence-corrected chi connectivity index (χ1v) is 5.23. The number of nitrogens with zero attached hydrogens (tertiary/aromatic N) is 1. The summed E-state index contributed by atoms with van der Waals surface area (Å²) in [7, 11) is 0. The molecule has 0 atom stereocenters. The molecule has 0 spiro atoms. The van der Waals surface area contributed by atoms with Gasteiger partial charge in [-0.25, -0.2) is 4.79 Å². The van der Waals surface area contributed by atoms with Crippen LogP contribution in [0.15, 0.2) is 12.1 Å². The fourth-order valence-corrected chi connectivity index (χ4v) is 1.28. The monoisotopic (exact) mass is 222 g/mol. The van der Waals surface area contributed by atoms with Crippen LogP contribution in [0.3, 0.4) is 0 Å². The molecule has 1 heterocycles. The normalized spacial score (nSPS) is 11.3. The zero-order valence-electron chi connectivity index (χ0n) is 10.2. The Morgan fingerprint density at radius 1 is 1.44 bits per heavy atom. The Hall–Kier alpha value is -1.42. The van der Waals surface area contributed by atoms with E-state index in [2.05, 4.69) is 4.98 Å². The highest BCUT2D eigenvalue weighted by molar-refractivity contribution is 5.90. The van der Waals surface area contributed by atoms with Crippen LogP contribution in [0, 0.1) is 6.92 Å². The Balaban J connectivity index is 2.93.